The smallest absolute Gasteiger partial charge is 0.238 e. The second-order valence-electron chi connectivity index (χ2n) is 6.55. The fourth-order valence-electron chi connectivity index (χ4n) is 3.18. The Bertz CT molecular complexity index is 736. The molecule has 4 nitrogen and oxygen atoms in total. The molecule has 1 aliphatic heterocycles. The molecule has 3 rings (SSSR count). The lowest BCUT2D eigenvalue weighted by atomic mass is 10.1. The van der Waals surface area contributed by atoms with Gasteiger partial charge in [-0.2, -0.15) is 0 Å². The van der Waals surface area contributed by atoms with Crippen LogP contribution in [-0.2, 0) is 9.53 Å². The molecule has 0 bridgehead atoms. The number of nitrogens with zero attached hydrogens (tertiary/aromatic N) is 1. The minimum absolute atomic E-state index is 0.00586. The molecule has 0 radical (unpaired) electrons. The average Bonchev–Trinajstić information content (AvgIpc) is 2.58. The number of morpholine rings is 1. The van der Waals surface area contributed by atoms with Gasteiger partial charge in [0.25, 0.3) is 0 Å². The number of amides is 1. The number of rotatable bonds is 4. The summed E-state index contributed by atoms with van der Waals surface area (Å²) in [4.78, 5) is 14.6. The van der Waals surface area contributed by atoms with Gasteiger partial charge in [0.1, 0.15) is 0 Å². The van der Waals surface area contributed by atoms with E-state index in [-0.39, 0.29) is 18.1 Å². The quantitative estimate of drug-likeness (QED) is 0.834. The van der Waals surface area contributed by atoms with E-state index in [9.17, 15) is 4.79 Å². The third kappa shape index (κ3) is 4.91. The van der Waals surface area contributed by atoms with Gasteiger partial charge in [0.2, 0.25) is 5.91 Å². The first-order valence-electron chi connectivity index (χ1n) is 8.50. The summed E-state index contributed by atoms with van der Waals surface area (Å²) in [6, 6.07) is 16.0. The second-order valence-corrected chi connectivity index (χ2v) is 7.46. The fraction of sp³-hybridized carbons (Fsp3) is 0.350. The van der Waals surface area contributed by atoms with Crippen LogP contribution in [0.3, 0.4) is 0 Å². The number of nitrogens with one attached hydrogen (secondary N) is 1. The van der Waals surface area contributed by atoms with Crippen molar-refractivity contribution >= 4 is 27.5 Å². The summed E-state index contributed by atoms with van der Waals surface area (Å²) in [5.41, 5.74) is 3.05. The van der Waals surface area contributed by atoms with E-state index in [2.05, 4.69) is 45.2 Å². The van der Waals surface area contributed by atoms with Crippen molar-refractivity contribution in [3.8, 4) is 0 Å². The van der Waals surface area contributed by atoms with E-state index in [1.165, 1.54) is 0 Å². The van der Waals surface area contributed by atoms with Crippen molar-refractivity contribution in [2.24, 2.45) is 0 Å². The maximum absolute atomic E-state index is 12.5. The van der Waals surface area contributed by atoms with Crippen molar-refractivity contribution < 1.29 is 9.53 Å². The standard InChI is InChI=1S/C20H23BrN2O2/c1-14-10-17(21)8-9-18(14)22-20(24)13-23-11-15(2)25-19(12-23)16-6-4-3-5-7-16/h3-10,15,19H,11-13H2,1-2H3,(H,22,24). The van der Waals surface area contributed by atoms with E-state index in [0.717, 1.165) is 34.4 Å². The van der Waals surface area contributed by atoms with E-state index in [1.54, 1.807) is 0 Å². The third-order valence-electron chi connectivity index (χ3n) is 4.34. The van der Waals surface area contributed by atoms with Crippen molar-refractivity contribution in [1.82, 2.24) is 4.90 Å². The Morgan fingerprint density at radius 2 is 2.00 bits per heavy atom. The Morgan fingerprint density at radius 3 is 2.72 bits per heavy atom. The summed E-state index contributed by atoms with van der Waals surface area (Å²) in [5.74, 6) is 0.00586. The van der Waals surface area contributed by atoms with Gasteiger partial charge < -0.3 is 10.1 Å². The highest BCUT2D eigenvalue weighted by Gasteiger charge is 2.27. The normalized spacial score (nSPS) is 21.1. The summed E-state index contributed by atoms with van der Waals surface area (Å²) in [5, 5.41) is 3.01. The van der Waals surface area contributed by atoms with Crippen LogP contribution in [0.15, 0.2) is 53.0 Å². The molecule has 2 aromatic carbocycles. The van der Waals surface area contributed by atoms with Crippen molar-refractivity contribution in [2.75, 3.05) is 25.0 Å². The number of halogens is 1. The fourth-order valence-corrected chi connectivity index (χ4v) is 3.66. The molecular formula is C20H23BrN2O2. The number of carbonyl (C=O) groups excluding carboxylic acids is 1. The average molecular weight is 403 g/mol. The Labute approximate surface area is 157 Å². The molecule has 25 heavy (non-hydrogen) atoms. The Hall–Kier alpha value is -1.69. The van der Waals surface area contributed by atoms with Crippen molar-refractivity contribution in [3.63, 3.8) is 0 Å². The number of carbonyl (C=O) groups is 1. The highest BCUT2D eigenvalue weighted by molar-refractivity contribution is 9.10. The molecule has 0 aliphatic carbocycles. The Balaban J connectivity index is 1.62. The Morgan fingerprint density at radius 1 is 1.24 bits per heavy atom. The topological polar surface area (TPSA) is 41.6 Å². The first-order valence-corrected chi connectivity index (χ1v) is 9.29. The molecule has 132 valence electrons. The second kappa shape index (κ2) is 8.13. The molecule has 2 aromatic rings. The predicted molar refractivity (Wildman–Crippen MR) is 104 cm³/mol. The van der Waals surface area contributed by atoms with Gasteiger partial charge in [-0.15, -0.1) is 0 Å². The largest absolute Gasteiger partial charge is 0.368 e. The molecule has 1 N–H and O–H groups in total. The van der Waals surface area contributed by atoms with Crippen LogP contribution in [0.2, 0.25) is 0 Å². The minimum Gasteiger partial charge on any atom is -0.368 e. The molecule has 1 amide bonds. The van der Waals surface area contributed by atoms with Crippen LogP contribution in [0.25, 0.3) is 0 Å². The summed E-state index contributed by atoms with van der Waals surface area (Å²) in [6.45, 7) is 5.89. The lowest BCUT2D eigenvalue weighted by Gasteiger charge is -2.36. The van der Waals surface area contributed by atoms with Crippen molar-refractivity contribution in [3.05, 3.63) is 64.1 Å². The number of benzene rings is 2. The maximum atomic E-state index is 12.5. The molecule has 1 saturated heterocycles. The highest BCUT2D eigenvalue weighted by atomic mass is 79.9. The summed E-state index contributed by atoms with van der Waals surface area (Å²) in [7, 11) is 0. The van der Waals surface area contributed by atoms with Gasteiger partial charge in [0.05, 0.1) is 18.8 Å². The molecule has 1 fully saturated rings. The highest BCUT2D eigenvalue weighted by Crippen LogP contribution is 2.25. The van der Waals surface area contributed by atoms with Crippen LogP contribution in [-0.4, -0.2) is 36.5 Å². The monoisotopic (exact) mass is 402 g/mol. The number of anilines is 1. The van der Waals surface area contributed by atoms with E-state index in [1.807, 2.05) is 43.3 Å². The van der Waals surface area contributed by atoms with Gasteiger partial charge in [-0.25, -0.2) is 0 Å². The van der Waals surface area contributed by atoms with Gasteiger partial charge in [-0.05, 0) is 43.2 Å². The molecular weight excluding hydrogens is 380 g/mol. The van der Waals surface area contributed by atoms with Gasteiger partial charge >= 0.3 is 0 Å². The third-order valence-corrected chi connectivity index (χ3v) is 4.83. The molecule has 5 heteroatoms. The zero-order valence-corrected chi connectivity index (χ0v) is 16.1. The molecule has 2 atom stereocenters. The molecule has 2 unspecified atom stereocenters. The van der Waals surface area contributed by atoms with Gasteiger partial charge in [-0.3, -0.25) is 9.69 Å². The first kappa shape index (κ1) is 18.1. The van der Waals surface area contributed by atoms with Crippen LogP contribution >= 0.6 is 15.9 Å². The van der Waals surface area contributed by atoms with Gasteiger partial charge in [0.15, 0.2) is 0 Å². The lowest BCUT2D eigenvalue weighted by molar-refractivity contribution is -0.122. The van der Waals surface area contributed by atoms with Gasteiger partial charge in [-0.1, -0.05) is 46.3 Å². The molecule has 0 spiro atoms. The zero-order valence-electron chi connectivity index (χ0n) is 14.5. The van der Waals surface area contributed by atoms with Crippen LogP contribution < -0.4 is 5.32 Å². The number of hydrogen-bond acceptors (Lipinski definition) is 3. The minimum atomic E-state index is 0.00586. The first-order chi connectivity index (χ1) is 12.0. The summed E-state index contributed by atoms with van der Waals surface area (Å²) >= 11 is 3.44. The van der Waals surface area contributed by atoms with Crippen LogP contribution in [0, 0.1) is 6.92 Å². The van der Waals surface area contributed by atoms with E-state index < -0.39 is 0 Å². The molecule has 0 aromatic heterocycles. The van der Waals surface area contributed by atoms with Crippen molar-refractivity contribution in [2.45, 2.75) is 26.1 Å². The molecule has 0 saturated carbocycles. The number of aryl methyl sites for hydroxylation is 1. The number of ether oxygens (including phenoxy) is 1. The zero-order chi connectivity index (χ0) is 17.8. The lowest BCUT2D eigenvalue weighted by Crippen LogP contribution is -2.46. The van der Waals surface area contributed by atoms with E-state index >= 15 is 0 Å². The Kier molecular flexibility index (Phi) is 5.89. The number of hydrogen-bond donors (Lipinski definition) is 1. The maximum Gasteiger partial charge on any atom is 0.238 e. The molecule has 1 heterocycles. The predicted octanol–water partition coefficient (Wildman–Crippen LogP) is 4.16. The van der Waals surface area contributed by atoms with Gasteiger partial charge in [0, 0.05) is 23.2 Å². The summed E-state index contributed by atoms with van der Waals surface area (Å²) < 4.78 is 7.07. The van der Waals surface area contributed by atoms with E-state index in [0.29, 0.717) is 6.54 Å². The van der Waals surface area contributed by atoms with Crippen molar-refractivity contribution in [1.29, 1.82) is 0 Å². The molecule has 1 aliphatic rings. The summed E-state index contributed by atoms with van der Waals surface area (Å²) in [6.07, 6.45) is 0.105. The van der Waals surface area contributed by atoms with E-state index in [4.69, 9.17) is 4.74 Å². The SMILES string of the molecule is Cc1cc(Br)ccc1NC(=O)CN1CC(C)OC(c2ccccc2)C1. The van der Waals surface area contributed by atoms with Crippen LogP contribution in [0.1, 0.15) is 24.2 Å². The van der Waals surface area contributed by atoms with Crippen LogP contribution in [0.5, 0.6) is 0 Å². The van der Waals surface area contributed by atoms with Crippen LogP contribution in [0.4, 0.5) is 5.69 Å².